The normalized spacial score (nSPS) is 43.6. The number of fused-ring (bicyclic) bond motifs is 2. The largest absolute Gasteiger partial charge is 0.359 e. The number of hydrogen-bond donors (Lipinski definition) is 0. The van der Waals surface area contributed by atoms with E-state index in [1.807, 2.05) is 0 Å². The van der Waals surface area contributed by atoms with Crippen molar-refractivity contribution >= 4 is 10.8 Å². The maximum absolute atomic E-state index is 14.0. The zero-order valence-electron chi connectivity index (χ0n) is 21.5. The summed E-state index contributed by atoms with van der Waals surface area (Å²) in [6.07, 6.45) is 14.5. The van der Waals surface area contributed by atoms with Gasteiger partial charge in [0.1, 0.15) is 6.17 Å². The second-order valence-corrected chi connectivity index (χ2v) is 13.1. The molecule has 2 nitrogen and oxygen atoms in total. The van der Waals surface area contributed by atoms with Gasteiger partial charge in [0, 0.05) is 19.1 Å². The van der Waals surface area contributed by atoms with Gasteiger partial charge >= 0.3 is 0 Å². The molecule has 3 heteroatoms. The molecule has 3 aliphatic heterocycles. The second kappa shape index (κ2) is 7.54. The summed E-state index contributed by atoms with van der Waals surface area (Å²) in [4.78, 5) is 2.44. The first kappa shape index (κ1) is 22.1. The Hall–Kier alpha value is -1.97. The molecule has 3 heterocycles. The fourth-order valence-electron chi connectivity index (χ4n) is 9.74. The van der Waals surface area contributed by atoms with Crippen LogP contribution in [0.25, 0.3) is 10.8 Å². The first-order valence-corrected chi connectivity index (χ1v) is 14.5. The number of rotatable bonds is 2. The quantitative estimate of drug-likeness (QED) is 0.439. The molecule has 2 saturated heterocycles. The molecule has 36 heavy (non-hydrogen) atoms. The minimum absolute atomic E-state index is 0.103. The molecule has 0 amide bonds. The first-order valence-electron chi connectivity index (χ1n) is 14.5. The van der Waals surface area contributed by atoms with E-state index in [9.17, 15) is 4.39 Å². The van der Waals surface area contributed by atoms with Crippen molar-refractivity contribution in [2.24, 2.45) is 11.3 Å². The van der Waals surface area contributed by atoms with Gasteiger partial charge in [-0.3, -0.25) is 4.90 Å². The first-order chi connectivity index (χ1) is 17.5. The lowest BCUT2D eigenvalue weighted by Gasteiger charge is -2.55. The summed E-state index contributed by atoms with van der Waals surface area (Å²) in [5.41, 5.74) is 4.57. The lowest BCUT2D eigenvalue weighted by molar-refractivity contribution is -0.140. The van der Waals surface area contributed by atoms with Gasteiger partial charge in [-0.05, 0) is 103 Å². The Morgan fingerprint density at radius 3 is 2.75 bits per heavy atom. The molecule has 2 bridgehead atoms. The molecule has 3 aliphatic carbocycles. The lowest BCUT2D eigenvalue weighted by Crippen LogP contribution is -2.55. The van der Waals surface area contributed by atoms with E-state index in [1.54, 1.807) is 5.57 Å². The standard InChI is InChI=1S/C33H38FNO/c1-31-14-12-26-19-25-8-9-28(35-17-13-27(34)21-35)20-32(25)15-16-33(26,36-32)30(31)11-10-29(31)24-7-6-22-4-2-3-5-23(22)18-24/h2-7,12,18-19,27-30H,8-11,13-17,20-21H2,1H3/t27-,28+,29-,30-,31-,32-,33-/m1/s1. The molecule has 2 aromatic carbocycles. The summed E-state index contributed by atoms with van der Waals surface area (Å²) in [5.74, 6) is 1.15. The molecular weight excluding hydrogens is 445 g/mol. The van der Waals surface area contributed by atoms with Crippen LogP contribution in [0.1, 0.15) is 76.2 Å². The summed E-state index contributed by atoms with van der Waals surface area (Å²) in [6, 6.07) is 16.4. The highest BCUT2D eigenvalue weighted by atomic mass is 19.1. The fourth-order valence-corrected chi connectivity index (χ4v) is 9.74. The van der Waals surface area contributed by atoms with Gasteiger partial charge in [-0.2, -0.15) is 0 Å². The van der Waals surface area contributed by atoms with E-state index < -0.39 is 6.17 Å². The molecule has 2 aromatic rings. The van der Waals surface area contributed by atoms with Gasteiger partial charge in [0.2, 0.25) is 0 Å². The van der Waals surface area contributed by atoms with Crippen LogP contribution in [0.4, 0.5) is 4.39 Å². The summed E-state index contributed by atoms with van der Waals surface area (Å²) in [6.45, 7) is 4.12. The van der Waals surface area contributed by atoms with E-state index in [-0.39, 0.29) is 16.6 Å². The van der Waals surface area contributed by atoms with Crippen LogP contribution < -0.4 is 0 Å². The SMILES string of the molecule is C[C@]12CC=C3C=C4CC[C@H](N5CC[C@@H](F)C5)C[C@]45CC[C@]3(O5)[C@@H]1CC[C@@H]2c1ccc2ccccc2c1. The zero-order chi connectivity index (χ0) is 24.1. The molecular formula is C33H38FNO. The van der Waals surface area contributed by atoms with E-state index in [1.165, 1.54) is 34.8 Å². The number of likely N-dealkylation sites (tertiary alicyclic amines) is 1. The van der Waals surface area contributed by atoms with Gasteiger partial charge < -0.3 is 4.74 Å². The Kier molecular flexibility index (Phi) is 4.62. The Morgan fingerprint density at radius 2 is 1.89 bits per heavy atom. The topological polar surface area (TPSA) is 12.5 Å². The van der Waals surface area contributed by atoms with Crippen LogP contribution >= 0.6 is 0 Å². The van der Waals surface area contributed by atoms with E-state index in [0.29, 0.717) is 30.8 Å². The highest BCUT2D eigenvalue weighted by Gasteiger charge is 2.66. The Morgan fingerprint density at radius 1 is 1.00 bits per heavy atom. The average Bonchev–Trinajstić information content (AvgIpc) is 3.57. The van der Waals surface area contributed by atoms with Crippen molar-refractivity contribution in [1.29, 1.82) is 0 Å². The van der Waals surface area contributed by atoms with Gasteiger partial charge in [0.25, 0.3) is 0 Å². The third-order valence-corrected chi connectivity index (χ3v) is 11.5. The maximum Gasteiger partial charge on any atom is 0.114 e. The van der Waals surface area contributed by atoms with Gasteiger partial charge in [-0.15, -0.1) is 0 Å². The molecule has 0 N–H and O–H groups in total. The van der Waals surface area contributed by atoms with Crippen LogP contribution in [-0.2, 0) is 4.74 Å². The number of alkyl halides is 1. The molecule has 8 rings (SSSR count). The maximum atomic E-state index is 14.0. The summed E-state index contributed by atoms with van der Waals surface area (Å²) in [5, 5.41) is 2.69. The van der Waals surface area contributed by atoms with Crippen LogP contribution in [0.5, 0.6) is 0 Å². The van der Waals surface area contributed by atoms with Crippen LogP contribution in [0.3, 0.4) is 0 Å². The van der Waals surface area contributed by atoms with Crippen LogP contribution in [0, 0.1) is 11.3 Å². The van der Waals surface area contributed by atoms with Crippen LogP contribution in [0.2, 0.25) is 0 Å². The molecule has 0 unspecified atom stereocenters. The number of ether oxygens (including phenoxy) is 1. The Bertz CT molecular complexity index is 1300. The number of allylic oxidation sites excluding steroid dienone is 1. The van der Waals surface area contributed by atoms with Gasteiger partial charge in [-0.25, -0.2) is 4.39 Å². The van der Waals surface area contributed by atoms with E-state index in [4.69, 9.17) is 4.74 Å². The Balaban J connectivity index is 1.14. The minimum atomic E-state index is -0.638. The lowest BCUT2D eigenvalue weighted by atomic mass is 9.58. The number of nitrogens with zero attached hydrogens (tertiary/aromatic N) is 1. The monoisotopic (exact) mass is 483 g/mol. The number of benzene rings is 2. The molecule has 7 atom stereocenters. The van der Waals surface area contributed by atoms with Crippen LogP contribution in [0.15, 0.2) is 65.8 Å². The highest BCUT2D eigenvalue weighted by molar-refractivity contribution is 5.83. The van der Waals surface area contributed by atoms with Crippen molar-refractivity contribution < 1.29 is 9.13 Å². The van der Waals surface area contributed by atoms with E-state index >= 15 is 0 Å². The van der Waals surface area contributed by atoms with Gasteiger partial charge in [-0.1, -0.05) is 61.5 Å². The molecule has 2 spiro atoms. The van der Waals surface area contributed by atoms with Crippen molar-refractivity contribution in [3.63, 3.8) is 0 Å². The Labute approximate surface area is 214 Å². The molecule has 0 aromatic heterocycles. The summed E-state index contributed by atoms with van der Waals surface area (Å²) < 4.78 is 21.5. The predicted molar refractivity (Wildman–Crippen MR) is 143 cm³/mol. The van der Waals surface area contributed by atoms with Crippen molar-refractivity contribution in [2.75, 3.05) is 13.1 Å². The fraction of sp³-hybridized carbons (Fsp3) is 0.576. The van der Waals surface area contributed by atoms with Gasteiger partial charge in [0.05, 0.1) is 11.2 Å². The average molecular weight is 484 g/mol. The van der Waals surface area contributed by atoms with Crippen LogP contribution in [-0.4, -0.2) is 41.4 Å². The molecule has 2 saturated carbocycles. The smallest absolute Gasteiger partial charge is 0.114 e. The molecule has 188 valence electrons. The second-order valence-electron chi connectivity index (χ2n) is 13.1. The van der Waals surface area contributed by atoms with Crippen molar-refractivity contribution in [3.8, 4) is 0 Å². The van der Waals surface area contributed by atoms with Crippen molar-refractivity contribution in [1.82, 2.24) is 4.90 Å². The van der Waals surface area contributed by atoms with Crippen molar-refractivity contribution in [3.05, 3.63) is 71.3 Å². The number of hydrogen-bond acceptors (Lipinski definition) is 2. The predicted octanol–water partition coefficient (Wildman–Crippen LogP) is 7.49. The summed E-state index contributed by atoms with van der Waals surface area (Å²) in [7, 11) is 0. The van der Waals surface area contributed by atoms with E-state index in [0.717, 1.165) is 45.1 Å². The van der Waals surface area contributed by atoms with Crippen molar-refractivity contribution in [2.45, 2.75) is 94.0 Å². The third kappa shape index (κ3) is 2.91. The molecule has 4 fully saturated rings. The number of halogens is 1. The third-order valence-electron chi connectivity index (χ3n) is 11.5. The molecule has 0 radical (unpaired) electrons. The zero-order valence-corrected chi connectivity index (χ0v) is 21.5. The van der Waals surface area contributed by atoms with E-state index in [2.05, 4.69) is 66.4 Å². The highest BCUT2D eigenvalue weighted by Crippen LogP contribution is 2.69. The minimum Gasteiger partial charge on any atom is -0.359 e. The summed E-state index contributed by atoms with van der Waals surface area (Å²) >= 11 is 0. The van der Waals surface area contributed by atoms with Gasteiger partial charge in [0.15, 0.2) is 0 Å². The molecule has 6 aliphatic rings.